The Morgan fingerprint density at radius 1 is 1.07 bits per heavy atom. The summed E-state index contributed by atoms with van der Waals surface area (Å²) in [6.45, 7) is 5.27. The van der Waals surface area contributed by atoms with Gasteiger partial charge in [-0.2, -0.15) is 5.10 Å². The standard InChI is InChI=1S/C22H21ClN4O3/c1-13-5-4-6-18(15(13)3)25-20(29)12-24-22(30)21-19(28)11-14(2)27(26-21)17-9-7-16(23)8-10-17/h4-11H,12H2,1-3H3,(H,24,30)(H,25,29). The summed E-state index contributed by atoms with van der Waals surface area (Å²) >= 11 is 5.91. The normalized spacial score (nSPS) is 10.5. The van der Waals surface area contributed by atoms with Gasteiger partial charge in [0.05, 0.1) is 12.2 Å². The summed E-state index contributed by atoms with van der Waals surface area (Å²) in [5, 5.41) is 9.94. The van der Waals surface area contributed by atoms with Crippen molar-refractivity contribution < 1.29 is 9.59 Å². The van der Waals surface area contributed by atoms with Crippen LogP contribution < -0.4 is 16.1 Å². The molecule has 2 aromatic carbocycles. The zero-order valence-electron chi connectivity index (χ0n) is 16.8. The third-order valence-corrected chi connectivity index (χ3v) is 4.93. The minimum absolute atomic E-state index is 0.290. The van der Waals surface area contributed by atoms with Crippen LogP contribution in [-0.2, 0) is 4.79 Å². The van der Waals surface area contributed by atoms with Gasteiger partial charge in [-0.05, 0) is 62.2 Å². The molecule has 2 amide bonds. The van der Waals surface area contributed by atoms with E-state index in [9.17, 15) is 14.4 Å². The fraction of sp³-hybridized carbons (Fsp3) is 0.182. The Hall–Kier alpha value is -3.45. The van der Waals surface area contributed by atoms with E-state index >= 15 is 0 Å². The highest BCUT2D eigenvalue weighted by atomic mass is 35.5. The van der Waals surface area contributed by atoms with Crippen molar-refractivity contribution in [2.45, 2.75) is 20.8 Å². The summed E-state index contributed by atoms with van der Waals surface area (Å²) in [5.41, 5.74) is 3.06. The van der Waals surface area contributed by atoms with Crippen LogP contribution >= 0.6 is 11.6 Å². The Morgan fingerprint density at radius 2 is 1.77 bits per heavy atom. The zero-order chi connectivity index (χ0) is 21.8. The molecule has 0 radical (unpaired) electrons. The largest absolute Gasteiger partial charge is 0.341 e. The molecule has 3 aromatic rings. The van der Waals surface area contributed by atoms with Crippen molar-refractivity contribution in [1.29, 1.82) is 0 Å². The fourth-order valence-electron chi connectivity index (χ4n) is 2.87. The van der Waals surface area contributed by atoms with Crippen LogP contribution in [0.15, 0.2) is 53.3 Å². The van der Waals surface area contributed by atoms with Crippen LogP contribution in [-0.4, -0.2) is 28.1 Å². The van der Waals surface area contributed by atoms with Crippen molar-refractivity contribution in [1.82, 2.24) is 15.1 Å². The second-order valence-corrected chi connectivity index (χ2v) is 7.30. The van der Waals surface area contributed by atoms with Gasteiger partial charge >= 0.3 is 0 Å². The molecule has 0 aliphatic heterocycles. The number of aromatic nitrogens is 2. The van der Waals surface area contributed by atoms with Crippen LogP contribution in [0.1, 0.15) is 27.3 Å². The molecule has 0 unspecified atom stereocenters. The first-order chi connectivity index (χ1) is 14.3. The SMILES string of the molecule is Cc1cccc(NC(=O)CNC(=O)c2nn(-c3ccc(Cl)cc3)c(C)cc2=O)c1C. The van der Waals surface area contributed by atoms with Crippen molar-refractivity contribution in [3.05, 3.63) is 86.3 Å². The summed E-state index contributed by atoms with van der Waals surface area (Å²) in [5.74, 6) is -1.12. The number of halogens is 1. The Labute approximate surface area is 178 Å². The van der Waals surface area contributed by atoms with Crippen LogP contribution in [0.2, 0.25) is 5.02 Å². The van der Waals surface area contributed by atoms with Crippen LogP contribution in [0.25, 0.3) is 5.69 Å². The van der Waals surface area contributed by atoms with Gasteiger partial charge in [0.2, 0.25) is 11.3 Å². The van der Waals surface area contributed by atoms with Crippen molar-refractivity contribution >= 4 is 29.1 Å². The van der Waals surface area contributed by atoms with Gasteiger partial charge in [-0.1, -0.05) is 23.7 Å². The average Bonchev–Trinajstić information content (AvgIpc) is 2.70. The molecule has 1 heterocycles. The molecule has 0 saturated heterocycles. The number of aryl methyl sites for hydroxylation is 2. The summed E-state index contributed by atoms with van der Waals surface area (Å²) in [4.78, 5) is 37.0. The number of anilines is 1. The first kappa shape index (κ1) is 21.3. The van der Waals surface area contributed by atoms with Crippen LogP contribution in [0.4, 0.5) is 5.69 Å². The van der Waals surface area contributed by atoms with Gasteiger partial charge < -0.3 is 10.6 Å². The molecule has 0 spiro atoms. The number of hydrogen-bond acceptors (Lipinski definition) is 4. The summed E-state index contributed by atoms with van der Waals surface area (Å²) in [6, 6.07) is 13.7. The number of benzene rings is 2. The molecule has 154 valence electrons. The van der Waals surface area contributed by atoms with Crippen LogP contribution in [0, 0.1) is 20.8 Å². The first-order valence-corrected chi connectivity index (χ1v) is 9.65. The minimum Gasteiger partial charge on any atom is -0.341 e. The molecule has 0 saturated carbocycles. The lowest BCUT2D eigenvalue weighted by molar-refractivity contribution is -0.115. The number of carbonyl (C=O) groups is 2. The van der Waals surface area contributed by atoms with E-state index in [1.807, 2.05) is 26.0 Å². The molecular weight excluding hydrogens is 404 g/mol. The van der Waals surface area contributed by atoms with Gasteiger partial charge in [-0.3, -0.25) is 14.4 Å². The number of nitrogens with zero attached hydrogens (tertiary/aromatic N) is 2. The minimum atomic E-state index is -0.723. The molecule has 0 aliphatic rings. The van der Waals surface area contributed by atoms with E-state index in [-0.39, 0.29) is 12.2 Å². The lowest BCUT2D eigenvalue weighted by Gasteiger charge is -2.12. The Balaban J connectivity index is 1.74. The first-order valence-electron chi connectivity index (χ1n) is 9.27. The van der Waals surface area contributed by atoms with Gasteiger partial charge in [-0.25, -0.2) is 4.68 Å². The Bertz CT molecular complexity index is 1170. The maximum absolute atomic E-state index is 12.5. The fourth-order valence-corrected chi connectivity index (χ4v) is 3.00. The van der Waals surface area contributed by atoms with Gasteiger partial charge in [0, 0.05) is 22.5 Å². The molecule has 0 bridgehead atoms. The van der Waals surface area contributed by atoms with Gasteiger partial charge in [0.15, 0.2) is 5.69 Å². The predicted octanol–water partition coefficient (Wildman–Crippen LogP) is 3.18. The van der Waals surface area contributed by atoms with Crippen LogP contribution in [0.5, 0.6) is 0 Å². The highest BCUT2D eigenvalue weighted by molar-refractivity contribution is 6.30. The van der Waals surface area contributed by atoms with Crippen LogP contribution in [0.3, 0.4) is 0 Å². The van der Waals surface area contributed by atoms with E-state index in [0.29, 0.717) is 22.1 Å². The van der Waals surface area contributed by atoms with E-state index in [1.54, 1.807) is 37.3 Å². The highest BCUT2D eigenvalue weighted by Crippen LogP contribution is 2.17. The second-order valence-electron chi connectivity index (χ2n) is 6.87. The lowest BCUT2D eigenvalue weighted by Crippen LogP contribution is -2.37. The zero-order valence-corrected chi connectivity index (χ0v) is 17.6. The van der Waals surface area contributed by atoms with Gasteiger partial charge in [0.25, 0.3) is 5.91 Å². The molecule has 3 rings (SSSR count). The predicted molar refractivity (Wildman–Crippen MR) is 116 cm³/mol. The van der Waals surface area contributed by atoms with Crippen molar-refractivity contribution in [2.75, 3.05) is 11.9 Å². The van der Waals surface area contributed by atoms with Crippen molar-refractivity contribution in [3.8, 4) is 5.69 Å². The smallest absolute Gasteiger partial charge is 0.276 e. The monoisotopic (exact) mass is 424 g/mol. The number of amides is 2. The number of carbonyl (C=O) groups excluding carboxylic acids is 2. The number of rotatable bonds is 5. The number of hydrogen-bond donors (Lipinski definition) is 2. The molecule has 30 heavy (non-hydrogen) atoms. The molecule has 0 aliphatic carbocycles. The maximum Gasteiger partial charge on any atom is 0.276 e. The Morgan fingerprint density at radius 3 is 2.47 bits per heavy atom. The average molecular weight is 425 g/mol. The van der Waals surface area contributed by atoms with Crippen molar-refractivity contribution in [2.24, 2.45) is 0 Å². The lowest BCUT2D eigenvalue weighted by atomic mass is 10.1. The topological polar surface area (TPSA) is 93.1 Å². The van der Waals surface area contributed by atoms with E-state index in [0.717, 1.165) is 11.1 Å². The molecule has 1 aromatic heterocycles. The van der Waals surface area contributed by atoms with E-state index in [4.69, 9.17) is 11.6 Å². The summed E-state index contributed by atoms with van der Waals surface area (Å²) in [6.07, 6.45) is 0. The van der Waals surface area contributed by atoms with E-state index < -0.39 is 17.2 Å². The summed E-state index contributed by atoms with van der Waals surface area (Å²) < 4.78 is 1.48. The van der Waals surface area contributed by atoms with Gasteiger partial charge in [0.1, 0.15) is 0 Å². The third-order valence-electron chi connectivity index (χ3n) is 4.68. The third kappa shape index (κ3) is 4.75. The highest BCUT2D eigenvalue weighted by Gasteiger charge is 2.16. The summed E-state index contributed by atoms with van der Waals surface area (Å²) in [7, 11) is 0. The van der Waals surface area contributed by atoms with E-state index in [2.05, 4.69) is 15.7 Å². The molecule has 7 nitrogen and oxygen atoms in total. The van der Waals surface area contributed by atoms with Gasteiger partial charge in [-0.15, -0.1) is 0 Å². The number of nitrogens with one attached hydrogen (secondary N) is 2. The van der Waals surface area contributed by atoms with Crippen molar-refractivity contribution in [3.63, 3.8) is 0 Å². The second kappa shape index (κ2) is 8.92. The molecule has 0 fully saturated rings. The molecule has 2 N–H and O–H groups in total. The Kier molecular flexibility index (Phi) is 6.32. The quantitative estimate of drug-likeness (QED) is 0.657. The molecular formula is C22H21ClN4O3. The molecule has 0 atom stereocenters. The maximum atomic E-state index is 12.5. The molecule has 8 heteroatoms. The van der Waals surface area contributed by atoms with E-state index in [1.165, 1.54) is 10.7 Å².